The summed E-state index contributed by atoms with van der Waals surface area (Å²) in [7, 11) is -0.984. The normalized spacial score (nSPS) is 34.6. The van der Waals surface area contributed by atoms with Crippen molar-refractivity contribution in [3.05, 3.63) is 0 Å². The maximum Gasteiger partial charge on any atom is 0.150 e. The van der Waals surface area contributed by atoms with Crippen molar-refractivity contribution in [2.75, 3.05) is 31.8 Å². The number of piperidine rings is 1. The highest BCUT2D eigenvalue weighted by Crippen LogP contribution is 2.33. The summed E-state index contributed by atoms with van der Waals surface area (Å²) in [6.45, 7) is 1.81. The van der Waals surface area contributed by atoms with Gasteiger partial charge in [-0.15, -0.1) is 0 Å². The van der Waals surface area contributed by atoms with Gasteiger partial charge in [0.15, 0.2) is 0 Å². The molecule has 0 aromatic heterocycles. The van der Waals surface area contributed by atoms with Gasteiger partial charge < -0.3 is 10.1 Å². The predicted octanol–water partition coefficient (Wildman–Crippen LogP) is 0.826. The van der Waals surface area contributed by atoms with E-state index in [1.165, 1.54) is 6.42 Å². The third kappa shape index (κ3) is 3.66. The lowest BCUT2D eigenvalue weighted by Crippen LogP contribution is -2.43. The van der Waals surface area contributed by atoms with Crippen LogP contribution in [0.1, 0.15) is 25.7 Å². The molecule has 2 saturated heterocycles. The maximum atomic E-state index is 11.4. The van der Waals surface area contributed by atoms with E-state index in [-0.39, 0.29) is 0 Å². The minimum atomic E-state index is -2.72. The van der Waals surface area contributed by atoms with Gasteiger partial charge in [-0.2, -0.15) is 0 Å². The van der Waals surface area contributed by atoms with E-state index in [9.17, 15) is 8.42 Å². The SMILES string of the molecule is COCC1CC(C2CCS(=O)(=O)CC2)CCN1. The van der Waals surface area contributed by atoms with Gasteiger partial charge in [-0.25, -0.2) is 8.42 Å². The molecule has 0 aliphatic carbocycles. The maximum absolute atomic E-state index is 11.4. The second kappa shape index (κ2) is 5.67. The van der Waals surface area contributed by atoms with E-state index < -0.39 is 9.84 Å². The minimum Gasteiger partial charge on any atom is -0.383 e. The molecule has 0 aromatic rings. The third-order valence-corrected chi connectivity index (χ3v) is 5.88. The van der Waals surface area contributed by atoms with Gasteiger partial charge in [0.05, 0.1) is 18.1 Å². The van der Waals surface area contributed by atoms with E-state index in [0.29, 0.717) is 29.4 Å². The Kier molecular flexibility index (Phi) is 4.44. The van der Waals surface area contributed by atoms with Gasteiger partial charge in [-0.05, 0) is 44.1 Å². The first-order chi connectivity index (χ1) is 8.11. The number of hydrogen-bond acceptors (Lipinski definition) is 4. The molecular weight excluding hydrogens is 238 g/mol. The third-order valence-electron chi connectivity index (χ3n) is 4.17. The van der Waals surface area contributed by atoms with E-state index in [1.54, 1.807) is 7.11 Å². The number of nitrogens with one attached hydrogen (secondary N) is 1. The summed E-state index contributed by atoms with van der Waals surface area (Å²) >= 11 is 0. The van der Waals surface area contributed by atoms with E-state index in [1.807, 2.05) is 0 Å². The number of sulfone groups is 1. The zero-order valence-corrected chi connectivity index (χ0v) is 11.3. The van der Waals surface area contributed by atoms with Crippen LogP contribution < -0.4 is 5.32 Å². The summed E-state index contributed by atoms with van der Waals surface area (Å²) in [5.41, 5.74) is 0. The van der Waals surface area contributed by atoms with Gasteiger partial charge >= 0.3 is 0 Å². The lowest BCUT2D eigenvalue weighted by atomic mass is 9.79. The van der Waals surface area contributed by atoms with Crippen LogP contribution in [0, 0.1) is 11.8 Å². The first kappa shape index (κ1) is 13.3. The number of ether oxygens (including phenoxy) is 1. The first-order valence-electron chi connectivity index (χ1n) is 6.53. The smallest absolute Gasteiger partial charge is 0.150 e. The monoisotopic (exact) mass is 261 g/mol. The Morgan fingerprint density at radius 1 is 1.18 bits per heavy atom. The molecule has 2 unspecified atom stereocenters. The molecule has 100 valence electrons. The summed E-state index contributed by atoms with van der Waals surface area (Å²) < 4.78 is 28.0. The molecule has 0 saturated carbocycles. The van der Waals surface area contributed by atoms with Gasteiger partial charge in [-0.3, -0.25) is 0 Å². The fourth-order valence-electron chi connectivity index (χ4n) is 3.18. The van der Waals surface area contributed by atoms with Crippen molar-refractivity contribution >= 4 is 9.84 Å². The summed E-state index contributed by atoms with van der Waals surface area (Å²) in [5.74, 6) is 2.10. The highest BCUT2D eigenvalue weighted by Gasteiger charge is 2.32. The molecule has 0 radical (unpaired) electrons. The van der Waals surface area contributed by atoms with Gasteiger partial charge in [0.1, 0.15) is 9.84 Å². The summed E-state index contributed by atoms with van der Waals surface area (Å²) in [4.78, 5) is 0. The zero-order chi connectivity index (χ0) is 12.3. The van der Waals surface area contributed by atoms with Crippen LogP contribution in [-0.2, 0) is 14.6 Å². The lowest BCUT2D eigenvalue weighted by molar-refractivity contribution is 0.121. The van der Waals surface area contributed by atoms with Crippen molar-refractivity contribution in [2.45, 2.75) is 31.7 Å². The van der Waals surface area contributed by atoms with Gasteiger partial charge in [0.2, 0.25) is 0 Å². The molecule has 5 heteroatoms. The molecule has 0 bridgehead atoms. The summed E-state index contributed by atoms with van der Waals surface area (Å²) in [6, 6.07) is 0.456. The van der Waals surface area contributed by atoms with Crippen molar-refractivity contribution in [2.24, 2.45) is 11.8 Å². The van der Waals surface area contributed by atoms with Crippen LogP contribution in [0.3, 0.4) is 0 Å². The Bertz CT molecular complexity index is 326. The number of rotatable bonds is 3. The van der Waals surface area contributed by atoms with E-state index in [4.69, 9.17) is 4.74 Å². The van der Waals surface area contributed by atoms with Gasteiger partial charge in [0.25, 0.3) is 0 Å². The molecule has 2 aliphatic rings. The van der Waals surface area contributed by atoms with Crippen molar-refractivity contribution in [1.82, 2.24) is 5.32 Å². The van der Waals surface area contributed by atoms with Crippen molar-refractivity contribution < 1.29 is 13.2 Å². The second-order valence-electron chi connectivity index (χ2n) is 5.38. The standard InChI is InChI=1S/C12H23NO3S/c1-16-9-12-8-11(2-5-13-12)10-3-6-17(14,15)7-4-10/h10-13H,2-9H2,1H3. The van der Waals surface area contributed by atoms with E-state index in [0.717, 1.165) is 32.4 Å². The Morgan fingerprint density at radius 2 is 1.88 bits per heavy atom. The Balaban J connectivity index is 1.86. The van der Waals surface area contributed by atoms with Crippen molar-refractivity contribution in [3.8, 4) is 0 Å². The van der Waals surface area contributed by atoms with Crippen molar-refractivity contribution in [1.29, 1.82) is 0 Å². The molecule has 1 N–H and O–H groups in total. The topological polar surface area (TPSA) is 55.4 Å². The Morgan fingerprint density at radius 3 is 2.53 bits per heavy atom. The van der Waals surface area contributed by atoms with Gasteiger partial charge in [0, 0.05) is 13.2 Å². The molecule has 2 atom stereocenters. The molecule has 2 fully saturated rings. The highest BCUT2D eigenvalue weighted by atomic mass is 32.2. The molecule has 0 spiro atoms. The van der Waals surface area contributed by atoms with Crippen LogP contribution in [-0.4, -0.2) is 46.2 Å². The van der Waals surface area contributed by atoms with Crippen LogP contribution >= 0.6 is 0 Å². The fraction of sp³-hybridized carbons (Fsp3) is 1.00. The van der Waals surface area contributed by atoms with E-state index >= 15 is 0 Å². The highest BCUT2D eigenvalue weighted by molar-refractivity contribution is 7.91. The minimum absolute atomic E-state index is 0.399. The largest absolute Gasteiger partial charge is 0.383 e. The lowest BCUT2D eigenvalue weighted by Gasteiger charge is -2.36. The van der Waals surface area contributed by atoms with Gasteiger partial charge in [-0.1, -0.05) is 0 Å². The Labute approximate surface area is 104 Å². The number of methoxy groups -OCH3 is 1. The van der Waals surface area contributed by atoms with E-state index in [2.05, 4.69) is 5.32 Å². The summed E-state index contributed by atoms with van der Waals surface area (Å²) in [5, 5.41) is 3.46. The van der Waals surface area contributed by atoms with Crippen LogP contribution in [0.5, 0.6) is 0 Å². The van der Waals surface area contributed by atoms with Crippen LogP contribution in [0.4, 0.5) is 0 Å². The van der Waals surface area contributed by atoms with Crippen LogP contribution in [0.15, 0.2) is 0 Å². The number of hydrogen-bond donors (Lipinski definition) is 1. The Hall–Kier alpha value is -0.130. The predicted molar refractivity (Wildman–Crippen MR) is 67.8 cm³/mol. The first-order valence-corrected chi connectivity index (χ1v) is 8.35. The molecule has 4 nitrogen and oxygen atoms in total. The second-order valence-corrected chi connectivity index (χ2v) is 7.68. The average Bonchev–Trinajstić information content (AvgIpc) is 2.30. The molecule has 17 heavy (non-hydrogen) atoms. The molecule has 2 heterocycles. The molecular formula is C12H23NO3S. The summed E-state index contributed by atoms with van der Waals surface area (Å²) in [6.07, 6.45) is 4.06. The fourth-order valence-corrected chi connectivity index (χ4v) is 4.70. The van der Waals surface area contributed by atoms with Crippen LogP contribution in [0.2, 0.25) is 0 Å². The molecule has 2 rings (SSSR count). The van der Waals surface area contributed by atoms with Crippen LogP contribution in [0.25, 0.3) is 0 Å². The zero-order valence-electron chi connectivity index (χ0n) is 10.5. The quantitative estimate of drug-likeness (QED) is 0.817. The molecule has 0 amide bonds. The molecule has 2 aliphatic heterocycles. The molecule has 0 aromatic carbocycles. The average molecular weight is 261 g/mol. The van der Waals surface area contributed by atoms with Crippen molar-refractivity contribution in [3.63, 3.8) is 0 Å².